The third-order valence-electron chi connectivity index (χ3n) is 11.1. The molecule has 344 valence electrons. The third kappa shape index (κ3) is 10.6. The van der Waals surface area contributed by atoms with Crippen molar-refractivity contribution in [3.05, 3.63) is 107 Å². The lowest BCUT2D eigenvalue weighted by molar-refractivity contribution is 0.0222. The SMILES string of the molecule is CC(C)(C)OC(=O)N1CCn2cc(C(=O)O)c3cccc(c32)C1.CC(C)(C)OC(=O)N1CCn2cc(C=O)c3cccc(c32)C1.CC(C)(C)OC(=O)N1CCn2ccc3cccc(c32)C1. The largest absolute Gasteiger partial charge is 0.478 e. The van der Waals surface area contributed by atoms with Gasteiger partial charge in [0, 0.05) is 74.2 Å². The zero-order valence-corrected chi connectivity index (χ0v) is 38.8. The fourth-order valence-corrected chi connectivity index (χ4v) is 8.42. The lowest BCUT2D eigenvalue weighted by atomic mass is 10.1. The molecule has 15 nitrogen and oxygen atoms in total. The second kappa shape index (κ2) is 18.0. The van der Waals surface area contributed by atoms with Crippen molar-refractivity contribution >= 4 is 63.2 Å². The Morgan fingerprint density at radius 3 is 1.40 bits per heavy atom. The van der Waals surface area contributed by atoms with E-state index in [1.807, 2.05) is 116 Å². The number of benzene rings is 3. The molecule has 0 bridgehead atoms. The first-order valence-corrected chi connectivity index (χ1v) is 22.0. The van der Waals surface area contributed by atoms with E-state index < -0.39 is 22.8 Å². The van der Waals surface area contributed by atoms with Crippen LogP contribution in [0.25, 0.3) is 32.7 Å². The van der Waals surface area contributed by atoms with Gasteiger partial charge in [0.05, 0.1) is 41.7 Å². The van der Waals surface area contributed by atoms with Crippen molar-refractivity contribution in [2.45, 2.75) is 118 Å². The number of carboxylic acid groups (broad SMARTS) is 1. The van der Waals surface area contributed by atoms with Crippen molar-refractivity contribution in [1.29, 1.82) is 0 Å². The summed E-state index contributed by atoms with van der Waals surface area (Å²) in [5.41, 5.74) is 5.80. The molecule has 3 aliphatic heterocycles. The van der Waals surface area contributed by atoms with E-state index in [-0.39, 0.29) is 18.3 Å². The molecule has 6 aromatic rings. The standard InChI is InChI=1S/C17H20N2O4.C17H20N2O3.C16H20N2O2/c1-17(2,3)23-16(22)19-8-7-18-10-13(15(20)21)12-6-4-5-11(9-19)14(12)18;1-17(2,3)22-16(21)19-8-7-18-10-13(11-20)14-6-4-5-12(9-19)15(14)18;1-16(2,3)20-15(19)18-10-9-17-8-7-12-5-4-6-13(11-18)14(12)17/h4-6,10H,7-9H2,1-3H3,(H,20,21);4-6,10-11H,7-9H2,1-3H3;4-8H,9-11H2,1-3H3. The first-order valence-electron chi connectivity index (χ1n) is 22.0. The van der Waals surface area contributed by atoms with Crippen molar-refractivity contribution in [3.8, 4) is 0 Å². The van der Waals surface area contributed by atoms with Crippen LogP contribution in [0.1, 0.15) is 99.7 Å². The van der Waals surface area contributed by atoms with Gasteiger partial charge in [0.2, 0.25) is 0 Å². The lowest BCUT2D eigenvalue weighted by Crippen LogP contribution is -2.37. The molecule has 9 rings (SSSR count). The minimum atomic E-state index is -0.935. The molecule has 3 aliphatic rings. The average Bonchev–Trinajstić information content (AvgIpc) is 3.78. The highest BCUT2D eigenvalue weighted by atomic mass is 16.6. The normalized spacial score (nSPS) is 14.9. The van der Waals surface area contributed by atoms with Crippen LogP contribution >= 0.6 is 0 Å². The van der Waals surface area contributed by atoms with Gasteiger partial charge in [0.25, 0.3) is 0 Å². The number of carbonyl (C=O) groups is 5. The summed E-state index contributed by atoms with van der Waals surface area (Å²) in [7, 11) is 0. The van der Waals surface area contributed by atoms with Gasteiger partial charge in [0.1, 0.15) is 16.8 Å². The Kier molecular flexibility index (Phi) is 12.8. The maximum Gasteiger partial charge on any atom is 0.410 e. The molecule has 3 aromatic carbocycles. The van der Waals surface area contributed by atoms with E-state index in [2.05, 4.69) is 33.5 Å². The Labute approximate surface area is 379 Å². The van der Waals surface area contributed by atoms with Crippen LogP contribution in [-0.4, -0.2) is 100 Å². The number of carboxylic acids is 1. The molecule has 0 radical (unpaired) electrons. The summed E-state index contributed by atoms with van der Waals surface area (Å²) in [4.78, 5) is 64.7. The summed E-state index contributed by atoms with van der Waals surface area (Å²) in [6.45, 7) is 22.0. The van der Waals surface area contributed by atoms with Crippen molar-refractivity contribution in [3.63, 3.8) is 0 Å². The average molecular weight is 889 g/mol. The van der Waals surface area contributed by atoms with Gasteiger partial charge in [-0.2, -0.15) is 0 Å². The van der Waals surface area contributed by atoms with Gasteiger partial charge in [-0.25, -0.2) is 19.2 Å². The smallest absolute Gasteiger partial charge is 0.410 e. The highest BCUT2D eigenvalue weighted by Gasteiger charge is 2.29. The number of aromatic nitrogens is 3. The minimum absolute atomic E-state index is 0.236. The molecule has 0 saturated heterocycles. The van der Waals surface area contributed by atoms with Crippen LogP contribution in [0.5, 0.6) is 0 Å². The van der Waals surface area contributed by atoms with Crippen molar-refractivity contribution in [2.24, 2.45) is 0 Å². The van der Waals surface area contributed by atoms with Crippen molar-refractivity contribution < 1.29 is 43.3 Å². The molecule has 6 heterocycles. The van der Waals surface area contributed by atoms with E-state index >= 15 is 0 Å². The predicted molar refractivity (Wildman–Crippen MR) is 248 cm³/mol. The number of carbonyl (C=O) groups excluding carboxylic acids is 4. The number of amides is 3. The molecule has 0 aliphatic carbocycles. The number of aldehydes is 1. The number of hydrogen-bond acceptors (Lipinski definition) is 8. The Hall–Kier alpha value is -6.77. The fourth-order valence-electron chi connectivity index (χ4n) is 8.42. The maximum absolute atomic E-state index is 12.3. The molecule has 0 atom stereocenters. The molecule has 65 heavy (non-hydrogen) atoms. The summed E-state index contributed by atoms with van der Waals surface area (Å²) in [5, 5.41) is 12.2. The van der Waals surface area contributed by atoms with Gasteiger partial charge in [0.15, 0.2) is 6.29 Å². The lowest BCUT2D eigenvalue weighted by Gasteiger charge is -2.26. The molecular formula is C50H60N6O9. The molecule has 0 unspecified atom stereocenters. The number of rotatable bonds is 2. The summed E-state index contributed by atoms with van der Waals surface area (Å²) >= 11 is 0. The molecular weight excluding hydrogens is 829 g/mol. The molecule has 0 saturated carbocycles. The molecule has 3 amide bonds. The molecule has 15 heteroatoms. The van der Waals surface area contributed by atoms with Gasteiger partial charge < -0.3 is 47.7 Å². The monoisotopic (exact) mass is 888 g/mol. The summed E-state index contributed by atoms with van der Waals surface area (Å²) < 4.78 is 22.6. The van der Waals surface area contributed by atoms with E-state index in [0.717, 1.165) is 40.4 Å². The number of hydrogen-bond donors (Lipinski definition) is 1. The number of nitrogens with zero attached hydrogens (tertiary/aromatic N) is 6. The van der Waals surface area contributed by atoms with E-state index in [1.165, 1.54) is 16.5 Å². The molecule has 0 fully saturated rings. The van der Waals surface area contributed by atoms with Crippen molar-refractivity contribution in [1.82, 2.24) is 28.4 Å². The fraction of sp³-hybridized carbons (Fsp3) is 0.420. The first kappa shape index (κ1) is 46.2. The van der Waals surface area contributed by atoms with Gasteiger partial charge >= 0.3 is 24.2 Å². The van der Waals surface area contributed by atoms with Crippen LogP contribution in [0.4, 0.5) is 14.4 Å². The minimum Gasteiger partial charge on any atom is -0.478 e. The van der Waals surface area contributed by atoms with E-state index in [1.54, 1.807) is 20.9 Å². The zero-order valence-electron chi connectivity index (χ0n) is 38.8. The van der Waals surface area contributed by atoms with Crippen molar-refractivity contribution in [2.75, 3.05) is 19.6 Å². The van der Waals surface area contributed by atoms with Crippen LogP contribution in [0.3, 0.4) is 0 Å². The summed E-state index contributed by atoms with van der Waals surface area (Å²) in [6.07, 6.45) is 5.60. The number of aromatic carboxylic acids is 1. The van der Waals surface area contributed by atoms with Gasteiger partial charge in [-0.15, -0.1) is 0 Å². The van der Waals surface area contributed by atoms with Gasteiger partial charge in [-0.05, 0) is 90.5 Å². The van der Waals surface area contributed by atoms with Crippen LogP contribution in [0.2, 0.25) is 0 Å². The van der Waals surface area contributed by atoms with E-state index in [0.29, 0.717) is 68.9 Å². The van der Waals surface area contributed by atoms with Gasteiger partial charge in [-0.3, -0.25) is 4.79 Å². The topological polar surface area (TPSA) is 158 Å². The highest BCUT2D eigenvalue weighted by molar-refractivity contribution is 6.04. The van der Waals surface area contributed by atoms with Crippen LogP contribution in [-0.2, 0) is 53.5 Å². The Morgan fingerprint density at radius 1 is 0.523 bits per heavy atom. The predicted octanol–water partition coefficient (Wildman–Crippen LogP) is 9.69. The quantitative estimate of drug-likeness (QED) is 0.132. The Morgan fingerprint density at radius 2 is 0.938 bits per heavy atom. The van der Waals surface area contributed by atoms with Crippen LogP contribution in [0.15, 0.2) is 79.3 Å². The maximum atomic E-state index is 12.3. The van der Waals surface area contributed by atoms with Crippen LogP contribution in [0, 0.1) is 0 Å². The number of para-hydroxylation sites is 3. The third-order valence-corrected chi connectivity index (χ3v) is 11.1. The number of ether oxygens (including phenoxy) is 3. The van der Waals surface area contributed by atoms with Crippen LogP contribution < -0.4 is 0 Å². The summed E-state index contributed by atoms with van der Waals surface area (Å²) in [6, 6.07) is 19.8. The summed E-state index contributed by atoms with van der Waals surface area (Å²) in [5.74, 6) is -0.935. The molecule has 3 aromatic heterocycles. The van der Waals surface area contributed by atoms with Gasteiger partial charge in [-0.1, -0.05) is 54.6 Å². The second-order valence-electron chi connectivity index (χ2n) is 19.6. The Bertz CT molecular complexity index is 2780. The highest BCUT2D eigenvalue weighted by Crippen LogP contribution is 2.31. The first-order chi connectivity index (χ1) is 30.6. The molecule has 0 spiro atoms. The van der Waals surface area contributed by atoms with E-state index in [9.17, 15) is 29.1 Å². The second-order valence-corrected chi connectivity index (χ2v) is 19.6. The Balaban J connectivity index is 0.000000146. The van der Waals surface area contributed by atoms with E-state index in [4.69, 9.17) is 14.2 Å². The molecule has 1 N–H and O–H groups in total. The zero-order chi connectivity index (χ0) is 47.0.